The van der Waals surface area contributed by atoms with Crippen molar-refractivity contribution in [3.63, 3.8) is 0 Å². The Bertz CT molecular complexity index is 707. The van der Waals surface area contributed by atoms with E-state index >= 15 is 0 Å². The number of aromatic nitrogens is 2. The van der Waals surface area contributed by atoms with Gasteiger partial charge in [-0.2, -0.15) is 0 Å². The van der Waals surface area contributed by atoms with Crippen molar-refractivity contribution in [2.24, 2.45) is 0 Å². The molecule has 3 rings (SSSR count). The van der Waals surface area contributed by atoms with Crippen molar-refractivity contribution in [1.82, 2.24) is 14.9 Å². The molecule has 0 bridgehead atoms. The second kappa shape index (κ2) is 7.55. The van der Waals surface area contributed by atoms with Crippen LogP contribution >= 0.6 is 11.6 Å². The molecule has 1 aromatic heterocycles. The van der Waals surface area contributed by atoms with Crippen LogP contribution in [-0.4, -0.2) is 53.5 Å². The number of halogens is 2. The third-order valence-electron chi connectivity index (χ3n) is 3.82. The number of rotatable bonds is 4. The quantitative estimate of drug-likeness (QED) is 0.915. The summed E-state index contributed by atoms with van der Waals surface area (Å²) in [5, 5.41) is 2.90. The highest BCUT2D eigenvalue weighted by molar-refractivity contribution is 6.33. The second-order valence-corrected chi connectivity index (χ2v) is 5.91. The fourth-order valence-corrected chi connectivity index (χ4v) is 2.79. The average Bonchev–Trinajstić information content (AvgIpc) is 2.59. The van der Waals surface area contributed by atoms with E-state index in [1.807, 2.05) is 0 Å². The van der Waals surface area contributed by atoms with E-state index in [-0.39, 0.29) is 17.5 Å². The first-order valence-electron chi connectivity index (χ1n) is 7.60. The Labute approximate surface area is 144 Å². The van der Waals surface area contributed by atoms with Crippen molar-refractivity contribution in [3.05, 3.63) is 47.6 Å². The predicted molar refractivity (Wildman–Crippen MR) is 90.7 cm³/mol. The molecule has 2 heterocycles. The molecule has 1 aliphatic rings. The van der Waals surface area contributed by atoms with Gasteiger partial charge >= 0.3 is 0 Å². The number of piperazine rings is 1. The van der Waals surface area contributed by atoms with Gasteiger partial charge in [0.05, 0.1) is 23.5 Å². The maximum Gasteiger partial charge on any atom is 0.238 e. The van der Waals surface area contributed by atoms with E-state index in [0.29, 0.717) is 5.69 Å². The number of hydrogen-bond donors (Lipinski definition) is 1. The van der Waals surface area contributed by atoms with Crippen LogP contribution in [0.3, 0.4) is 0 Å². The minimum Gasteiger partial charge on any atom is -0.353 e. The Balaban J connectivity index is 1.50. The van der Waals surface area contributed by atoms with Crippen LogP contribution in [0.4, 0.5) is 15.9 Å². The summed E-state index contributed by atoms with van der Waals surface area (Å²) in [7, 11) is 0. The van der Waals surface area contributed by atoms with Crippen LogP contribution in [0.5, 0.6) is 0 Å². The Morgan fingerprint density at radius 3 is 2.71 bits per heavy atom. The molecular weight excluding hydrogens is 333 g/mol. The number of nitrogens with zero attached hydrogens (tertiary/aromatic N) is 4. The normalized spacial score (nSPS) is 15.3. The van der Waals surface area contributed by atoms with Gasteiger partial charge in [-0.25, -0.2) is 9.37 Å². The summed E-state index contributed by atoms with van der Waals surface area (Å²) < 4.78 is 13.0. The Hall–Kier alpha value is -2.25. The summed E-state index contributed by atoms with van der Waals surface area (Å²) in [5.74, 6) is 0.245. The van der Waals surface area contributed by atoms with Gasteiger partial charge in [0.2, 0.25) is 5.91 Å². The summed E-state index contributed by atoms with van der Waals surface area (Å²) in [4.78, 5) is 24.7. The highest BCUT2D eigenvalue weighted by Crippen LogP contribution is 2.22. The average molecular weight is 350 g/mol. The zero-order valence-electron chi connectivity index (χ0n) is 13.0. The molecule has 1 fully saturated rings. The maximum atomic E-state index is 13.0. The Morgan fingerprint density at radius 1 is 1.25 bits per heavy atom. The molecule has 0 saturated carbocycles. The number of amides is 1. The molecule has 1 N–H and O–H groups in total. The molecule has 1 saturated heterocycles. The van der Waals surface area contributed by atoms with Gasteiger partial charge in [0, 0.05) is 38.6 Å². The van der Waals surface area contributed by atoms with Crippen LogP contribution in [-0.2, 0) is 4.79 Å². The van der Waals surface area contributed by atoms with E-state index in [4.69, 9.17) is 11.6 Å². The summed E-state index contributed by atoms with van der Waals surface area (Å²) in [6.45, 7) is 3.33. The van der Waals surface area contributed by atoms with Gasteiger partial charge in [0.1, 0.15) is 11.6 Å². The molecule has 24 heavy (non-hydrogen) atoms. The second-order valence-electron chi connectivity index (χ2n) is 5.50. The smallest absolute Gasteiger partial charge is 0.238 e. The summed E-state index contributed by atoms with van der Waals surface area (Å²) in [6, 6.07) is 3.90. The SMILES string of the molecule is O=C(CN1CCN(c2cnccn2)CC1)Nc1ccc(F)cc1Cl. The zero-order chi connectivity index (χ0) is 16.9. The van der Waals surface area contributed by atoms with E-state index in [2.05, 4.69) is 25.1 Å². The molecule has 2 aromatic rings. The molecule has 0 spiro atoms. The van der Waals surface area contributed by atoms with E-state index < -0.39 is 5.82 Å². The van der Waals surface area contributed by atoms with Crippen molar-refractivity contribution in [2.45, 2.75) is 0 Å². The van der Waals surface area contributed by atoms with Crippen molar-refractivity contribution in [2.75, 3.05) is 42.9 Å². The van der Waals surface area contributed by atoms with Crippen LogP contribution in [0.2, 0.25) is 5.02 Å². The molecule has 1 aromatic carbocycles. The van der Waals surface area contributed by atoms with Crippen molar-refractivity contribution < 1.29 is 9.18 Å². The van der Waals surface area contributed by atoms with E-state index in [1.54, 1.807) is 18.6 Å². The zero-order valence-corrected chi connectivity index (χ0v) is 13.7. The lowest BCUT2D eigenvalue weighted by Crippen LogP contribution is -2.49. The van der Waals surface area contributed by atoms with Gasteiger partial charge in [0.15, 0.2) is 0 Å². The van der Waals surface area contributed by atoms with Gasteiger partial charge in [0.25, 0.3) is 0 Å². The largest absolute Gasteiger partial charge is 0.353 e. The van der Waals surface area contributed by atoms with E-state index in [1.165, 1.54) is 18.2 Å². The van der Waals surface area contributed by atoms with Crippen LogP contribution < -0.4 is 10.2 Å². The molecule has 0 radical (unpaired) electrons. The van der Waals surface area contributed by atoms with Gasteiger partial charge < -0.3 is 10.2 Å². The fraction of sp³-hybridized carbons (Fsp3) is 0.312. The molecular formula is C16H17ClFN5O. The van der Waals surface area contributed by atoms with Gasteiger partial charge in [-0.05, 0) is 18.2 Å². The first kappa shape index (κ1) is 16.6. The Kier molecular flexibility index (Phi) is 5.22. The van der Waals surface area contributed by atoms with E-state index in [9.17, 15) is 9.18 Å². The van der Waals surface area contributed by atoms with E-state index in [0.717, 1.165) is 32.0 Å². The Morgan fingerprint density at radius 2 is 2.04 bits per heavy atom. The number of nitrogens with one attached hydrogen (secondary N) is 1. The summed E-state index contributed by atoms with van der Waals surface area (Å²) in [6.07, 6.45) is 5.05. The molecule has 1 amide bonds. The van der Waals surface area contributed by atoms with Gasteiger partial charge in [-0.3, -0.25) is 14.7 Å². The predicted octanol–water partition coefficient (Wildman–Crippen LogP) is 2.03. The molecule has 0 atom stereocenters. The first-order chi connectivity index (χ1) is 11.6. The molecule has 0 aliphatic carbocycles. The van der Waals surface area contributed by atoms with Gasteiger partial charge in [-0.15, -0.1) is 0 Å². The number of carbonyl (C=O) groups excluding carboxylic acids is 1. The van der Waals surface area contributed by atoms with Crippen LogP contribution in [0, 0.1) is 5.82 Å². The van der Waals surface area contributed by atoms with Crippen molar-refractivity contribution in [3.8, 4) is 0 Å². The fourth-order valence-electron chi connectivity index (χ4n) is 2.57. The number of anilines is 2. The number of benzene rings is 1. The van der Waals surface area contributed by atoms with Crippen LogP contribution in [0.1, 0.15) is 0 Å². The molecule has 0 unspecified atom stereocenters. The third-order valence-corrected chi connectivity index (χ3v) is 4.13. The van der Waals surface area contributed by atoms with Crippen molar-refractivity contribution in [1.29, 1.82) is 0 Å². The standard InChI is InChI=1S/C16H17ClFN5O/c17-13-9-12(18)1-2-14(13)21-16(24)11-22-5-7-23(8-6-22)15-10-19-3-4-20-15/h1-4,9-10H,5-8,11H2,(H,21,24). The molecule has 6 nitrogen and oxygen atoms in total. The molecule has 1 aliphatic heterocycles. The highest BCUT2D eigenvalue weighted by Gasteiger charge is 2.20. The molecule has 126 valence electrons. The van der Waals surface area contributed by atoms with Gasteiger partial charge in [-0.1, -0.05) is 11.6 Å². The van der Waals surface area contributed by atoms with Crippen molar-refractivity contribution >= 4 is 29.0 Å². The molecule has 8 heteroatoms. The number of hydrogen-bond acceptors (Lipinski definition) is 5. The lowest BCUT2D eigenvalue weighted by Gasteiger charge is -2.34. The topological polar surface area (TPSA) is 61.4 Å². The van der Waals surface area contributed by atoms with Crippen LogP contribution in [0.15, 0.2) is 36.8 Å². The summed E-state index contributed by atoms with van der Waals surface area (Å²) >= 11 is 5.92. The monoisotopic (exact) mass is 349 g/mol. The minimum absolute atomic E-state index is 0.170. The lowest BCUT2D eigenvalue weighted by atomic mass is 10.3. The van der Waals surface area contributed by atoms with Crippen LogP contribution in [0.25, 0.3) is 0 Å². The minimum atomic E-state index is -0.432. The maximum absolute atomic E-state index is 13.0. The first-order valence-corrected chi connectivity index (χ1v) is 7.98. The summed E-state index contributed by atoms with van der Waals surface area (Å²) in [5.41, 5.74) is 0.418. The third kappa shape index (κ3) is 4.18. The lowest BCUT2D eigenvalue weighted by molar-refractivity contribution is -0.117. The number of carbonyl (C=O) groups is 1. The highest BCUT2D eigenvalue weighted by atomic mass is 35.5.